The van der Waals surface area contributed by atoms with Gasteiger partial charge in [0, 0.05) is 61.5 Å². The van der Waals surface area contributed by atoms with E-state index in [-0.39, 0.29) is 0 Å². The van der Waals surface area contributed by atoms with Crippen molar-refractivity contribution in [2.24, 2.45) is 0 Å². The maximum atomic E-state index is 5.51. The van der Waals surface area contributed by atoms with Crippen LogP contribution in [0.4, 0.5) is 0 Å². The maximum absolute atomic E-state index is 5.51. The maximum Gasteiger partial charge on any atom is 0.0958 e. The van der Waals surface area contributed by atoms with E-state index in [1.165, 1.54) is 32.8 Å². The quantitative estimate of drug-likeness (QED) is 0.306. The predicted molar refractivity (Wildman–Crippen MR) is 156 cm³/mol. The van der Waals surface area contributed by atoms with Crippen LogP contribution in [0, 0.1) is 0 Å². The first kappa shape index (κ1) is 26.8. The lowest BCUT2D eigenvalue weighted by molar-refractivity contribution is 0.0351. The molecule has 0 radical (unpaired) electrons. The number of nitrogens with zero attached hydrogens (tertiary/aromatic N) is 4. The van der Waals surface area contributed by atoms with E-state index < -0.39 is 0 Å². The molecule has 0 aliphatic carbocycles. The van der Waals surface area contributed by atoms with Crippen LogP contribution in [0.1, 0.15) is 60.9 Å². The molecule has 7 heteroatoms. The molecule has 2 aliphatic rings. The Hall–Kier alpha value is -1.77. The molecule has 1 fully saturated rings. The van der Waals surface area contributed by atoms with Crippen molar-refractivity contribution in [3.8, 4) is 11.3 Å². The Labute approximate surface area is 230 Å². The van der Waals surface area contributed by atoms with Crippen LogP contribution in [0.25, 0.3) is 11.3 Å². The third kappa shape index (κ3) is 6.63. The summed E-state index contributed by atoms with van der Waals surface area (Å²) in [6.45, 7) is 15.0. The van der Waals surface area contributed by atoms with Crippen molar-refractivity contribution in [3.63, 3.8) is 0 Å². The lowest BCUT2D eigenvalue weighted by atomic mass is 10.0. The number of morpholine rings is 1. The van der Waals surface area contributed by atoms with Crippen LogP contribution in [0.15, 0.2) is 42.0 Å². The molecule has 4 heterocycles. The zero-order chi connectivity index (χ0) is 25.8. The van der Waals surface area contributed by atoms with Crippen molar-refractivity contribution >= 4 is 23.1 Å². The van der Waals surface area contributed by atoms with E-state index >= 15 is 0 Å². The Balaban J connectivity index is 1.17. The van der Waals surface area contributed by atoms with Crippen molar-refractivity contribution in [3.05, 3.63) is 69.3 Å². The minimum absolute atomic E-state index is 0.466. The molecule has 1 aromatic carbocycles. The molecule has 0 bridgehead atoms. The Kier molecular flexibility index (Phi) is 8.98. The van der Waals surface area contributed by atoms with E-state index in [4.69, 9.17) is 9.72 Å². The molecule has 198 valence electrons. The number of aryl methyl sites for hydroxylation is 1. The van der Waals surface area contributed by atoms with Crippen molar-refractivity contribution in [2.45, 2.75) is 71.0 Å². The largest absolute Gasteiger partial charge is 0.379 e. The minimum Gasteiger partial charge on any atom is -0.379 e. The van der Waals surface area contributed by atoms with Crippen LogP contribution in [0.3, 0.4) is 0 Å². The number of rotatable bonds is 10. The summed E-state index contributed by atoms with van der Waals surface area (Å²) in [5, 5.41) is 3.95. The van der Waals surface area contributed by atoms with Crippen LogP contribution in [-0.4, -0.2) is 63.2 Å². The number of fused-ring (bicyclic) bond motifs is 1. The molecular weight excluding hydrogens is 496 g/mol. The summed E-state index contributed by atoms with van der Waals surface area (Å²) >= 11 is 3.83. The van der Waals surface area contributed by atoms with Crippen molar-refractivity contribution in [1.82, 2.24) is 19.8 Å². The first-order valence-corrected chi connectivity index (χ1v) is 15.6. The summed E-state index contributed by atoms with van der Waals surface area (Å²) in [7, 11) is 0. The Morgan fingerprint density at radius 2 is 1.89 bits per heavy atom. The van der Waals surface area contributed by atoms with Gasteiger partial charge in [0.25, 0.3) is 0 Å². The van der Waals surface area contributed by atoms with Crippen LogP contribution < -0.4 is 0 Å². The molecule has 2 aromatic heterocycles. The second-order valence-electron chi connectivity index (χ2n) is 10.7. The lowest BCUT2D eigenvalue weighted by Gasteiger charge is -2.31. The van der Waals surface area contributed by atoms with Crippen LogP contribution in [-0.2, 0) is 30.7 Å². The molecule has 0 saturated carbocycles. The summed E-state index contributed by atoms with van der Waals surface area (Å²) in [6.07, 6.45) is 6.32. The normalized spacial score (nSPS) is 18.3. The molecule has 5 rings (SSSR count). The average Bonchev–Trinajstić information content (AvgIpc) is 3.58. The van der Waals surface area contributed by atoms with Crippen LogP contribution >= 0.6 is 23.1 Å². The first-order chi connectivity index (χ1) is 18.0. The number of benzene rings is 1. The van der Waals surface area contributed by atoms with Gasteiger partial charge in [0.1, 0.15) is 0 Å². The highest BCUT2D eigenvalue weighted by atomic mass is 32.2. The van der Waals surface area contributed by atoms with E-state index in [9.17, 15) is 0 Å². The topological polar surface area (TPSA) is 41.5 Å². The summed E-state index contributed by atoms with van der Waals surface area (Å²) in [5.74, 6) is 1.61. The molecule has 2 atom stereocenters. The van der Waals surface area contributed by atoms with Gasteiger partial charge in [-0.05, 0) is 60.8 Å². The predicted octanol–water partition coefficient (Wildman–Crippen LogP) is 6.23. The average molecular weight is 537 g/mol. The highest BCUT2D eigenvalue weighted by molar-refractivity contribution is 7.99. The molecule has 2 unspecified atom stereocenters. The molecule has 0 N–H and O–H groups in total. The number of ether oxygens (including phenoxy) is 1. The van der Waals surface area contributed by atoms with Crippen molar-refractivity contribution in [2.75, 3.05) is 32.1 Å². The first-order valence-electron chi connectivity index (χ1n) is 13.6. The number of pyridine rings is 1. The van der Waals surface area contributed by atoms with Gasteiger partial charge in [0.2, 0.25) is 0 Å². The number of aromatic nitrogens is 2. The SMILES string of the molecule is CC(C)c1nc(-c2cccc(CC(C)N3Cc4cncc(CCSC(C)N5CCOCC5)c4C3)c2)cs1. The van der Waals surface area contributed by atoms with Gasteiger partial charge >= 0.3 is 0 Å². The second-order valence-corrected chi connectivity index (χ2v) is 13.0. The highest BCUT2D eigenvalue weighted by Crippen LogP contribution is 2.30. The zero-order valence-electron chi connectivity index (χ0n) is 22.7. The van der Waals surface area contributed by atoms with Crippen LogP contribution in [0.2, 0.25) is 0 Å². The van der Waals surface area contributed by atoms with Gasteiger partial charge in [-0.1, -0.05) is 32.0 Å². The van der Waals surface area contributed by atoms with Crippen molar-refractivity contribution < 1.29 is 4.74 Å². The Morgan fingerprint density at radius 1 is 1.05 bits per heavy atom. The number of thiazole rings is 1. The smallest absolute Gasteiger partial charge is 0.0958 e. The number of hydrogen-bond donors (Lipinski definition) is 0. The Bertz CT molecular complexity index is 1170. The van der Waals surface area contributed by atoms with E-state index in [0.717, 1.165) is 63.7 Å². The van der Waals surface area contributed by atoms with Gasteiger partial charge in [0.05, 0.1) is 29.3 Å². The number of thioether (sulfide) groups is 1. The molecule has 5 nitrogen and oxygen atoms in total. The van der Waals surface area contributed by atoms with Gasteiger partial charge in [0.15, 0.2) is 0 Å². The fraction of sp³-hybridized carbons (Fsp3) is 0.533. The fourth-order valence-electron chi connectivity index (χ4n) is 5.32. The zero-order valence-corrected chi connectivity index (χ0v) is 24.3. The fourth-order valence-corrected chi connectivity index (χ4v) is 7.27. The van der Waals surface area contributed by atoms with Gasteiger partial charge in [-0.15, -0.1) is 23.1 Å². The Morgan fingerprint density at radius 3 is 2.68 bits per heavy atom. The summed E-state index contributed by atoms with van der Waals surface area (Å²) in [4.78, 5) is 14.6. The summed E-state index contributed by atoms with van der Waals surface area (Å²) < 4.78 is 5.51. The molecule has 0 spiro atoms. The molecule has 3 aromatic rings. The number of hydrogen-bond acceptors (Lipinski definition) is 7. The van der Waals surface area contributed by atoms with Crippen molar-refractivity contribution in [1.29, 1.82) is 0 Å². The molecule has 2 aliphatic heterocycles. The highest BCUT2D eigenvalue weighted by Gasteiger charge is 2.26. The van der Waals surface area contributed by atoms with Gasteiger partial charge in [-0.3, -0.25) is 14.8 Å². The van der Waals surface area contributed by atoms with Gasteiger partial charge < -0.3 is 4.74 Å². The van der Waals surface area contributed by atoms with Gasteiger partial charge in [-0.25, -0.2) is 4.98 Å². The third-order valence-electron chi connectivity index (χ3n) is 7.65. The third-order valence-corrected chi connectivity index (χ3v) is 10.0. The molecule has 1 saturated heterocycles. The van der Waals surface area contributed by atoms with E-state index in [1.807, 2.05) is 0 Å². The lowest BCUT2D eigenvalue weighted by Crippen LogP contribution is -2.40. The van der Waals surface area contributed by atoms with E-state index in [0.29, 0.717) is 17.3 Å². The molecule has 37 heavy (non-hydrogen) atoms. The monoisotopic (exact) mass is 536 g/mol. The molecular formula is C30H40N4OS2. The second kappa shape index (κ2) is 12.4. The van der Waals surface area contributed by atoms with E-state index in [2.05, 4.69) is 96.3 Å². The minimum atomic E-state index is 0.466. The summed E-state index contributed by atoms with van der Waals surface area (Å²) in [6, 6.07) is 9.43. The molecule has 0 amide bonds. The summed E-state index contributed by atoms with van der Waals surface area (Å²) in [5.41, 5.74) is 8.07. The van der Waals surface area contributed by atoms with Crippen LogP contribution in [0.5, 0.6) is 0 Å². The standard InChI is InChI=1S/C30H40N4OS2/c1-21(2)30-32-29(20-37-30)25-7-5-6-24(15-25)14-22(3)34-18-27-17-31-16-26(28(27)19-34)8-13-36-23(4)33-9-11-35-12-10-33/h5-7,15-17,20-23H,8-14,18-19H2,1-4H3. The van der Waals surface area contributed by atoms with E-state index in [1.54, 1.807) is 11.3 Å². The van der Waals surface area contributed by atoms with Gasteiger partial charge in [-0.2, -0.15) is 0 Å².